The Bertz CT molecular complexity index is 618. The fourth-order valence-electron chi connectivity index (χ4n) is 1.41. The molecular formula is C12H9ClN2O4. The Hall–Kier alpha value is -2.34. The first-order valence-corrected chi connectivity index (χ1v) is 5.61. The number of pyridine rings is 1. The smallest absolute Gasteiger partial charge is 0.315 e. The zero-order valence-corrected chi connectivity index (χ0v) is 10.6. The molecule has 1 aromatic carbocycles. The first-order chi connectivity index (χ1) is 9.10. The molecule has 0 spiro atoms. The minimum absolute atomic E-state index is 0.0700. The Morgan fingerprint density at radius 1 is 1.32 bits per heavy atom. The fraction of sp³-hybridized carbons (Fsp3) is 0.0833. The van der Waals surface area contributed by atoms with Gasteiger partial charge in [0.25, 0.3) is 0 Å². The highest BCUT2D eigenvalue weighted by Crippen LogP contribution is 2.33. The van der Waals surface area contributed by atoms with Crippen LogP contribution in [0, 0.1) is 10.1 Å². The van der Waals surface area contributed by atoms with Gasteiger partial charge < -0.3 is 9.47 Å². The van der Waals surface area contributed by atoms with Gasteiger partial charge in [-0.3, -0.25) is 10.1 Å². The number of nitrogens with zero attached hydrogens (tertiary/aromatic N) is 2. The van der Waals surface area contributed by atoms with Gasteiger partial charge in [-0.1, -0.05) is 17.7 Å². The van der Waals surface area contributed by atoms with Crippen LogP contribution in [0.2, 0.25) is 5.15 Å². The topological polar surface area (TPSA) is 74.5 Å². The molecule has 2 aromatic rings. The van der Waals surface area contributed by atoms with Crippen molar-refractivity contribution in [3.05, 3.63) is 51.7 Å². The number of ether oxygens (including phenoxy) is 2. The minimum Gasteiger partial charge on any atom is -0.496 e. The summed E-state index contributed by atoms with van der Waals surface area (Å²) in [4.78, 5) is 14.3. The van der Waals surface area contributed by atoms with Gasteiger partial charge in [0.1, 0.15) is 10.9 Å². The quantitative estimate of drug-likeness (QED) is 0.487. The van der Waals surface area contributed by atoms with Gasteiger partial charge in [0.2, 0.25) is 11.6 Å². The maximum atomic E-state index is 11.0. The van der Waals surface area contributed by atoms with Crippen molar-refractivity contribution in [2.45, 2.75) is 0 Å². The summed E-state index contributed by atoms with van der Waals surface area (Å²) in [6, 6.07) is 9.06. The standard InChI is InChI=1S/C12H9ClN2O4/c1-18-8-5-6-10(9(7-8)15(16)17)19-12-4-2-3-11(13)14-12/h2-7H,1H3. The van der Waals surface area contributed by atoms with E-state index in [0.717, 1.165) is 0 Å². The van der Waals surface area contributed by atoms with Crippen LogP contribution < -0.4 is 9.47 Å². The second kappa shape index (κ2) is 5.53. The molecule has 0 aliphatic heterocycles. The number of nitro groups is 1. The summed E-state index contributed by atoms with van der Waals surface area (Å²) in [6.07, 6.45) is 0. The lowest BCUT2D eigenvalue weighted by Gasteiger charge is -2.06. The van der Waals surface area contributed by atoms with E-state index < -0.39 is 4.92 Å². The summed E-state index contributed by atoms with van der Waals surface area (Å²) >= 11 is 5.72. The summed E-state index contributed by atoms with van der Waals surface area (Å²) < 4.78 is 10.3. The zero-order valence-electron chi connectivity index (χ0n) is 9.87. The molecule has 6 nitrogen and oxygen atoms in total. The van der Waals surface area contributed by atoms with Crippen molar-refractivity contribution in [3.63, 3.8) is 0 Å². The summed E-state index contributed by atoms with van der Waals surface area (Å²) in [7, 11) is 1.43. The van der Waals surface area contributed by atoms with Gasteiger partial charge in [0.15, 0.2) is 0 Å². The van der Waals surface area contributed by atoms with E-state index in [1.54, 1.807) is 24.3 Å². The molecule has 0 saturated heterocycles. The molecule has 0 aliphatic carbocycles. The first kappa shape index (κ1) is 13.1. The number of hydrogen-bond acceptors (Lipinski definition) is 5. The summed E-state index contributed by atoms with van der Waals surface area (Å²) in [5, 5.41) is 11.2. The van der Waals surface area contributed by atoms with E-state index in [9.17, 15) is 10.1 Å². The van der Waals surface area contributed by atoms with Crippen LogP contribution >= 0.6 is 11.6 Å². The number of aromatic nitrogens is 1. The van der Waals surface area contributed by atoms with Gasteiger partial charge in [0, 0.05) is 6.07 Å². The van der Waals surface area contributed by atoms with E-state index in [-0.39, 0.29) is 22.5 Å². The average molecular weight is 281 g/mol. The molecule has 2 rings (SSSR count). The predicted molar refractivity (Wildman–Crippen MR) is 69.0 cm³/mol. The molecule has 0 atom stereocenters. The Morgan fingerprint density at radius 2 is 2.11 bits per heavy atom. The van der Waals surface area contributed by atoms with Crippen LogP contribution in [-0.4, -0.2) is 17.0 Å². The second-order valence-electron chi connectivity index (χ2n) is 3.49. The number of nitro benzene ring substituents is 1. The normalized spacial score (nSPS) is 10.0. The van der Waals surface area contributed by atoms with Crippen molar-refractivity contribution in [2.75, 3.05) is 7.11 Å². The Balaban J connectivity index is 2.36. The van der Waals surface area contributed by atoms with Crippen LogP contribution in [-0.2, 0) is 0 Å². The Morgan fingerprint density at radius 3 is 2.74 bits per heavy atom. The fourth-order valence-corrected chi connectivity index (χ4v) is 1.57. The molecule has 0 aliphatic rings. The molecule has 0 amide bonds. The first-order valence-electron chi connectivity index (χ1n) is 5.23. The monoisotopic (exact) mass is 280 g/mol. The number of methoxy groups -OCH3 is 1. The van der Waals surface area contributed by atoms with Crippen molar-refractivity contribution in [1.82, 2.24) is 4.98 Å². The van der Waals surface area contributed by atoms with Gasteiger partial charge in [0.05, 0.1) is 18.1 Å². The SMILES string of the molecule is COc1ccc(Oc2cccc(Cl)n2)c([N+](=O)[O-])c1. The van der Waals surface area contributed by atoms with E-state index in [1.807, 2.05) is 0 Å². The molecule has 0 radical (unpaired) electrons. The van der Waals surface area contributed by atoms with Gasteiger partial charge in [-0.15, -0.1) is 0 Å². The highest BCUT2D eigenvalue weighted by atomic mass is 35.5. The zero-order chi connectivity index (χ0) is 13.8. The predicted octanol–water partition coefficient (Wildman–Crippen LogP) is 3.44. The molecule has 0 bridgehead atoms. The lowest BCUT2D eigenvalue weighted by molar-refractivity contribution is -0.385. The van der Waals surface area contributed by atoms with Crippen LogP contribution in [0.15, 0.2) is 36.4 Å². The van der Waals surface area contributed by atoms with Gasteiger partial charge in [-0.2, -0.15) is 0 Å². The molecule has 1 heterocycles. The summed E-state index contributed by atoms with van der Waals surface area (Å²) in [6.45, 7) is 0. The lowest BCUT2D eigenvalue weighted by Crippen LogP contribution is -1.95. The van der Waals surface area contributed by atoms with E-state index in [4.69, 9.17) is 21.1 Å². The second-order valence-corrected chi connectivity index (χ2v) is 3.88. The average Bonchev–Trinajstić information content (AvgIpc) is 2.39. The van der Waals surface area contributed by atoms with Crippen LogP contribution in [0.1, 0.15) is 0 Å². The van der Waals surface area contributed by atoms with Crippen LogP contribution in [0.4, 0.5) is 5.69 Å². The maximum absolute atomic E-state index is 11.0. The number of halogens is 1. The number of rotatable bonds is 4. The number of benzene rings is 1. The number of hydrogen-bond donors (Lipinski definition) is 0. The maximum Gasteiger partial charge on any atom is 0.315 e. The van der Waals surface area contributed by atoms with Crippen molar-refractivity contribution < 1.29 is 14.4 Å². The van der Waals surface area contributed by atoms with Crippen LogP contribution in [0.3, 0.4) is 0 Å². The van der Waals surface area contributed by atoms with E-state index >= 15 is 0 Å². The van der Waals surface area contributed by atoms with Crippen LogP contribution in [0.25, 0.3) is 0 Å². The summed E-state index contributed by atoms with van der Waals surface area (Å²) in [5.74, 6) is 0.624. The van der Waals surface area contributed by atoms with Gasteiger partial charge >= 0.3 is 5.69 Å². The Labute approximate surface area is 113 Å². The van der Waals surface area contributed by atoms with Gasteiger partial charge in [-0.05, 0) is 18.2 Å². The van der Waals surface area contributed by atoms with E-state index in [2.05, 4.69) is 4.98 Å². The molecule has 19 heavy (non-hydrogen) atoms. The molecule has 0 fully saturated rings. The van der Waals surface area contributed by atoms with Crippen molar-refractivity contribution in [3.8, 4) is 17.4 Å². The largest absolute Gasteiger partial charge is 0.496 e. The Kier molecular flexibility index (Phi) is 3.82. The summed E-state index contributed by atoms with van der Waals surface area (Å²) in [5.41, 5.74) is -0.207. The molecule has 1 aromatic heterocycles. The third-order valence-electron chi connectivity index (χ3n) is 2.27. The third kappa shape index (κ3) is 3.11. The van der Waals surface area contributed by atoms with Crippen molar-refractivity contribution in [1.29, 1.82) is 0 Å². The highest BCUT2D eigenvalue weighted by Gasteiger charge is 2.17. The molecule has 7 heteroatoms. The third-order valence-corrected chi connectivity index (χ3v) is 2.48. The molecular weight excluding hydrogens is 272 g/mol. The van der Waals surface area contributed by atoms with E-state index in [1.165, 1.54) is 19.2 Å². The molecule has 0 unspecified atom stereocenters. The molecule has 0 saturated carbocycles. The van der Waals surface area contributed by atoms with Crippen molar-refractivity contribution >= 4 is 17.3 Å². The van der Waals surface area contributed by atoms with Crippen LogP contribution in [0.5, 0.6) is 17.4 Å². The molecule has 98 valence electrons. The van der Waals surface area contributed by atoms with Crippen molar-refractivity contribution in [2.24, 2.45) is 0 Å². The van der Waals surface area contributed by atoms with E-state index in [0.29, 0.717) is 5.75 Å². The van der Waals surface area contributed by atoms with Gasteiger partial charge in [-0.25, -0.2) is 4.98 Å². The molecule has 0 N–H and O–H groups in total. The highest BCUT2D eigenvalue weighted by molar-refractivity contribution is 6.29. The lowest BCUT2D eigenvalue weighted by atomic mass is 10.3. The minimum atomic E-state index is -0.553.